The van der Waals surface area contributed by atoms with Gasteiger partial charge in [0.05, 0.1) is 238 Å². The number of aliphatic hydroxyl groups is 1. The van der Waals surface area contributed by atoms with Gasteiger partial charge in [0.25, 0.3) is 0 Å². The summed E-state index contributed by atoms with van der Waals surface area (Å²) in [4.78, 5) is 0. The minimum Gasteiger partial charge on any atom is -0.437 e. The summed E-state index contributed by atoms with van der Waals surface area (Å²) in [7, 11) is -5.55. The van der Waals surface area contributed by atoms with E-state index in [0.29, 0.717) is 238 Å². The summed E-state index contributed by atoms with van der Waals surface area (Å²) in [5.41, 5.74) is 0. The third kappa shape index (κ3) is 60.4. The van der Waals surface area contributed by atoms with Crippen molar-refractivity contribution < 1.29 is 98.6 Å². The minimum atomic E-state index is -2.20. The highest BCUT2D eigenvalue weighted by molar-refractivity contribution is 6.87. The van der Waals surface area contributed by atoms with Crippen LogP contribution in [0.4, 0.5) is 0 Å². The van der Waals surface area contributed by atoms with Crippen LogP contribution in [-0.4, -0.2) is 275 Å². The summed E-state index contributed by atoms with van der Waals surface area (Å²) in [6, 6.07) is 0.949. The second-order valence-electron chi connectivity index (χ2n) is 17.4. The Balaban J connectivity index is 3.19. The molecule has 0 aromatic heterocycles. The standard InChI is InChI=1S/C46H100O21Si3/c1-68(2,3)66-70(7,67-69(4,5)6)46-8-10-48-12-14-50-16-18-52-20-22-54-24-26-56-28-30-58-32-34-60-36-38-62-40-42-64-44-45-65-43-41-63-39-37-61-35-33-59-31-29-57-27-25-55-23-21-53-19-17-51-15-13-49-11-9-47/h47H,8-46H2,1-7H3. The smallest absolute Gasteiger partial charge is 0.314 e. The van der Waals surface area contributed by atoms with Gasteiger partial charge >= 0.3 is 8.56 Å². The molecule has 0 heterocycles. The van der Waals surface area contributed by atoms with Gasteiger partial charge in [0.2, 0.25) is 0 Å². The van der Waals surface area contributed by atoms with Crippen LogP contribution in [0.2, 0.25) is 51.9 Å². The molecule has 0 aliphatic rings. The van der Waals surface area contributed by atoms with Crippen molar-refractivity contribution in [3.63, 3.8) is 0 Å². The van der Waals surface area contributed by atoms with Crippen molar-refractivity contribution in [1.82, 2.24) is 0 Å². The first-order valence-electron chi connectivity index (χ1n) is 25.4. The Morgan fingerprint density at radius 1 is 0.214 bits per heavy atom. The molecule has 0 bridgehead atoms. The maximum absolute atomic E-state index is 8.61. The number of rotatable bonds is 61. The van der Waals surface area contributed by atoms with Crippen molar-refractivity contribution in [2.24, 2.45) is 0 Å². The van der Waals surface area contributed by atoms with Crippen LogP contribution in [0.5, 0.6) is 0 Å². The summed E-state index contributed by atoms with van der Waals surface area (Å²) in [5.74, 6) is 0. The Bertz CT molecular complexity index is 1010. The summed E-state index contributed by atoms with van der Waals surface area (Å²) < 4.78 is 112. The Labute approximate surface area is 425 Å². The molecule has 24 heteroatoms. The molecule has 422 valence electrons. The van der Waals surface area contributed by atoms with Gasteiger partial charge in [-0.2, -0.15) is 0 Å². The van der Waals surface area contributed by atoms with Crippen molar-refractivity contribution in [2.45, 2.75) is 58.3 Å². The molecule has 70 heavy (non-hydrogen) atoms. The van der Waals surface area contributed by atoms with Crippen LogP contribution >= 0.6 is 0 Å². The molecule has 0 amide bonds. The average Bonchev–Trinajstić information content (AvgIpc) is 3.30. The van der Waals surface area contributed by atoms with Gasteiger partial charge in [-0.15, -0.1) is 0 Å². The molecule has 0 aromatic carbocycles. The Morgan fingerprint density at radius 2 is 0.357 bits per heavy atom. The van der Waals surface area contributed by atoms with Gasteiger partial charge in [-0.05, 0) is 58.3 Å². The number of ether oxygens (including phenoxy) is 18. The summed E-state index contributed by atoms with van der Waals surface area (Å²) >= 11 is 0. The highest BCUT2D eigenvalue weighted by atomic mass is 28.5. The molecule has 0 unspecified atom stereocenters. The van der Waals surface area contributed by atoms with E-state index in [0.717, 1.165) is 12.5 Å². The Hall–Kier alpha value is -0.189. The van der Waals surface area contributed by atoms with Gasteiger partial charge in [0, 0.05) is 6.61 Å². The van der Waals surface area contributed by atoms with Crippen LogP contribution in [0.15, 0.2) is 0 Å². The van der Waals surface area contributed by atoms with E-state index < -0.39 is 25.2 Å². The van der Waals surface area contributed by atoms with E-state index in [9.17, 15) is 0 Å². The fraction of sp³-hybridized carbons (Fsp3) is 1.00. The summed E-state index contributed by atoms with van der Waals surface area (Å²) in [5, 5.41) is 8.61. The lowest BCUT2D eigenvalue weighted by Crippen LogP contribution is -2.52. The van der Waals surface area contributed by atoms with Crippen LogP contribution in [0, 0.1) is 0 Å². The maximum Gasteiger partial charge on any atom is 0.314 e. The van der Waals surface area contributed by atoms with Crippen molar-refractivity contribution in [2.75, 3.05) is 244 Å². The molecule has 0 saturated carbocycles. The molecule has 0 atom stereocenters. The molecular formula is C46H100O21Si3. The molecule has 0 aliphatic heterocycles. The van der Waals surface area contributed by atoms with Gasteiger partial charge in [-0.3, -0.25) is 0 Å². The van der Waals surface area contributed by atoms with Crippen molar-refractivity contribution >= 4 is 25.2 Å². The zero-order valence-electron chi connectivity index (χ0n) is 44.7. The van der Waals surface area contributed by atoms with E-state index in [1.54, 1.807) is 0 Å². The second-order valence-corrected chi connectivity index (χ2v) is 30.3. The molecule has 0 aromatic rings. The van der Waals surface area contributed by atoms with Crippen molar-refractivity contribution in [3.05, 3.63) is 0 Å². The van der Waals surface area contributed by atoms with Crippen LogP contribution in [0.1, 0.15) is 6.42 Å². The fourth-order valence-electron chi connectivity index (χ4n) is 5.82. The normalized spacial score (nSPS) is 12.5. The van der Waals surface area contributed by atoms with Crippen LogP contribution in [0.25, 0.3) is 0 Å². The summed E-state index contributed by atoms with van der Waals surface area (Å²) in [6.45, 7) is 33.6. The lowest BCUT2D eigenvalue weighted by atomic mass is 10.5. The SMILES string of the molecule is C[Si](C)(C)O[Si](C)(CCCOCCOCCOCCOCCOCCOCCOCCOCCOCCOCCOCCOCCOCCOCCOCCOCCOCCOCCO)O[Si](C)(C)C. The minimum absolute atomic E-state index is 0.0201. The Kier molecular flexibility index (Phi) is 53.5. The number of aliphatic hydroxyl groups excluding tert-OH is 1. The predicted octanol–water partition coefficient (Wildman–Crippen LogP) is 3.44. The highest BCUT2D eigenvalue weighted by Crippen LogP contribution is 2.25. The summed E-state index contributed by atoms with van der Waals surface area (Å²) in [6.07, 6.45) is 0.934. The van der Waals surface area contributed by atoms with E-state index in [2.05, 4.69) is 45.8 Å². The van der Waals surface area contributed by atoms with E-state index in [-0.39, 0.29) is 6.61 Å². The zero-order chi connectivity index (χ0) is 51.2. The third-order valence-corrected chi connectivity index (χ3v) is 18.1. The topological polar surface area (TPSA) is 205 Å². The molecule has 0 spiro atoms. The molecule has 0 saturated heterocycles. The van der Waals surface area contributed by atoms with E-state index in [1.807, 2.05) is 0 Å². The van der Waals surface area contributed by atoms with Gasteiger partial charge < -0.3 is 98.6 Å². The number of hydrogen-bond donors (Lipinski definition) is 1. The first-order valence-corrected chi connectivity index (χ1v) is 34.7. The average molecular weight is 1070 g/mol. The van der Waals surface area contributed by atoms with Gasteiger partial charge in [0.15, 0.2) is 16.6 Å². The number of hydrogen-bond acceptors (Lipinski definition) is 21. The first kappa shape index (κ1) is 69.8. The quantitative estimate of drug-likeness (QED) is 0.0685. The maximum atomic E-state index is 8.61. The van der Waals surface area contributed by atoms with Crippen LogP contribution < -0.4 is 0 Å². The largest absolute Gasteiger partial charge is 0.437 e. The highest BCUT2D eigenvalue weighted by Gasteiger charge is 2.39. The molecule has 0 rings (SSSR count). The predicted molar refractivity (Wildman–Crippen MR) is 272 cm³/mol. The van der Waals surface area contributed by atoms with E-state index in [4.69, 9.17) is 98.6 Å². The zero-order valence-corrected chi connectivity index (χ0v) is 47.7. The van der Waals surface area contributed by atoms with Gasteiger partial charge in [-0.1, -0.05) is 0 Å². The lowest BCUT2D eigenvalue weighted by Gasteiger charge is -2.38. The van der Waals surface area contributed by atoms with Crippen LogP contribution in [-0.2, 0) is 93.5 Å². The molecule has 0 radical (unpaired) electrons. The van der Waals surface area contributed by atoms with E-state index in [1.165, 1.54) is 0 Å². The third-order valence-electron chi connectivity index (χ3n) is 8.52. The molecular weight excluding hydrogens is 973 g/mol. The van der Waals surface area contributed by atoms with Crippen LogP contribution in [0.3, 0.4) is 0 Å². The first-order chi connectivity index (χ1) is 34.0. The van der Waals surface area contributed by atoms with Gasteiger partial charge in [-0.25, -0.2) is 0 Å². The second kappa shape index (κ2) is 53.6. The lowest BCUT2D eigenvalue weighted by molar-refractivity contribution is -0.0310. The molecule has 0 aliphatic carbocycles. The Morgan fingerprint density at radius 3 is 0.500 bits per heavy atom. The molecule has 21 nitrogen and oxygen atoms in total. The van der Waals surface area contributed by atoms with Crippen molar-refractivity contribution in [3.8, 4) is 0 Å². The monoisotopic (exact) mass is 1070 g/mol. The fourth-order valence-corrected chi connectivity index (χ4v) is 18.3. The molecule has 0 fully saturated rings. The van der Waals surface area contributed by atoms with E-state index >= 15 is 0 Å². The molecule has 1 N–H and O–H groups in total. The van der Waals surface area contributed by atoms with Gasteiger partial charge in [0.1, 0.15) is 0 Å². The van der Waals surface area contributed by atoms with Crippen molar-refractivity contribution in [1.29, 1.82) is 0 Å².